The fourth-order valence-electron chi connectivity index (χ4n) is 4.07. The van der Waals surface area contributed by atoms with Gasteiger partial charge in [-0.1, -0.05) is 114 Å². The Bertz CT molecular complexity index is 901. The maximum Gasteiger partial charge on any atom is 2.00 e. The molecule has 41 heavy (non-hydrogen) atoms. The summed E-state index contributed by atoms with van der Waals surface area (Å²) in [7, 11) is 0. The van der Waals surface area contributed by atoms with Crippen molar-refractivity contribution in [1.29, 1.82) is 0 Å². The van der Waals surface area contributed by atoms with Crippen LogP contribution < -0.4 is 0 Å². The van der Waals surface area contributed by atoms with E-state index in [1.807, 2.05) is 46.2 Å². The molecule has 6 nitrogen and oxygen atoms in total. The van der Waals surface area contributed by atoms with Gasteiger partial charge in [-0.15, -0.1) is 0 Å². The van der Waals surface area contributed by atoms with Gasteiger partial charge >= 0.3 is 19.5 Å². The fourth-order valence-corrected chi connectivity index (χ4v) is 4.07. The first kappa shape index (κ1) is 38.3. The predicted octanol–water partition coefficient (Wildman–Crippen LogP) is 7.37. The van der Waals surface area contributed by atoms with E-state index in [1.54, 1.807) is 24.3 Å². The first-order chi connectivity index (χ1) is 19.4. The van der Waals surface area contributed by atoms with Crippen LogP contribution in [0.15, 0.2) is 60.7 Å². The van der Waals surface area contributed by atoms with Crippen molar-refractivity contribution in [3.63, 3.8) is 0 Å². The molecule has 0 aliphatic heterocycles. The van der Waals surface area contributed by atoms with Crippen LogP contribution in [0.3, 0.4) is 0 Å². The molecule has 220 valence electrons. The summed E-state index contributed by atoms with van der Waals surface area (Å²) >= 11 is 0. The first-order valence-corrected chi connectivity index (χ1v) is 15.1. The van der Waals surface area contributed by atoms with Crippen LogP contribution in [0.1, 0.15) is 113 Å². The minimum atomic E-state index is -0.0893. The third-order valence-corrected chi connectivity index (χ3v) is 6.65. The molecule has 0 spiro atoms. The number of Topliss-reactive ketones (excluding diaryl/α,β-unsaturated/α-hetero) is 2. The van der Waals surface area contributed by atoms with Crippen molar-refractivity contribution >= 4 is 23.4 Å². The molecule has 0 saturated heterocycles. The Hall–Kier alpha value is -2.66. The Morgan fingerprint density at radius 1 is 0.488 bits per heavy atom. The number of carbonyl (C=O) groups is 4. The maximum atomic E-state index is 12.2. The monoisotopic (exact) mass is 614 g/mol. The van der Waals surface area contributed by atoms with Crippen molar-refractivity contribution in [2.45, 2.75) is 91.9 Å². The van der Waals surface area contributed by atoms with E-state index < -0.39 is 0 Å². The van der Waals surface area contributed by atoms with Gasteiger partial charge in [-0.05, 0) is 25.7 Å². The van der Waals surface area contributed by atoms with Crippen LogP contribution in [0.2, 0.25) is 0 Å². The van der Waals surface area contributed by atoms with Gasteiger partial charge in [0.05, 0.1) is 12.8 Å². The summed E-state index contributed by atoms with van der Waals surface area (Å²) in [6, 6.07) is 18.1. The van der Waals surface area contributed by atoms with Crippen molar-refractivity contribution in [3.05, 3.63) is 71.8 Å². The van der Waals surface area contributed by atoms with E-state index in [2.05, 4.69) is 27.7 Å². The van der Waals surface area contributed by atoms with Crippen LogP contribution in [-0.4, -0.2) is 59.4 Å². The van der Waals surface area contributed by atoms with Gasteiger partial charge in [0.15, 0.2) is 11.6 Å². The van der Waals surface area contributed by atoms with Gasteiger partial charge < -0.3 is 9.80 Å². The maximum absolute atomic E-state index is 12.2. The molecule has 0 N–H and O–H groups in total. The van der Waals surface area contributed by atoms with Crippen LogP contribution >= 0.6 is 0 Å². The zero-order valence-electron chi connectivity index (χ0n) is 25.9. The summed E-state index contributed by atoms with van der Waals surface area (Å²) in [4.78, 5) is 52.3. The van der Waals surface area contributed by atoms with Crippen molar-refractivity contribution in [2.24, 2.45) is 0 Å². The number of rotatable bonds is 18. The third kappa shape index (κ3) is 16.4. The molecule has 2 amide bonds. The number of amides is 2. The summed E-state index contributed by atoms with van der Waals surface area (Å²) in [5.74, 6) is -0.260. The molecule has 0 fully saturated rings. The van der Waals surface area contributed by atoms with Crippen LogP contribution in [0, 0.1) is 0 Å². The van der Waals surface area contributed by atoms with Crippen molar-refractivity contribution in [3.8, 4) is 0 Å². The minimum Gasteiger partial charge on any atom is -0.342 e. The van der Waals surface area contributed by atoms with Crippen LogP contribution in [-0.2, 0) is 29.1 Å². The second kappa shape index (κ2) is 24.0. The molecule has 2 aromatic rings. The van der Waals surface area contributed by atoms with Crippen molar-refractivity contribution < 1.29 is 38.7 Å². The molecule has 0 bridgehead atoms. The molecule has 0 heterocycles. The second-order valence-electron chi connectivity index (χ2n) is 10.1. The first-order valence-electron chi connectivity index (χ1n) is 15.1. The minimum absolute atomic E-state index is 0. The summed E-state index contributed by atoms with van der Waals surface area (Å²) in [6.45, 7) is 11.5. The number of ketones is 2. The molecule has 7 heteroatoms. The number of benzene rings is 2. The van der Waals surface area contributed by atoms with Gasteiger partial charge in [0.1, 0.15) is 0 Å². The topological polar surface area (TPSA) is 74.8 Å². The zero-order chi connectivity index (χ0) is 29.6. The van der Waals surface area contributed by atoms with Crippen LogP contribution in [0.5, 0.6) is 0 Å². The number of carbonyl (C=O) groups excluding carboxylic acids is 4. The molecule has 0 saturated carbocycles. The molecule has 0 atom stereocenters. The Morgan fingerprint density at radius 2 is 0.756 bits per heavy atom. The van der Waals surface area contributed by atoms with Gasteiger partial charge in [-0.25, -0.2) is 0 Å². The summed E-state index contributed by atoms with van der Waals surface area (Å²) < 4.78 is 0. The normalized spacial score (nSPS) is 10.0. The molecule has 0 radical (unpaired) electrons. The predicted molar refractivity (Wildman–Crippen MR) is 164 cm³/mol. The Morgan fingerprint density at radius 3 is 1.00 bits per heavy atom. The molecule has 0 unspecified atom stereocenters. The molecule has 0 aromatic heterocycles. The van der Waals surface area contributed by atoms with Crippen molar-refractivity contribution in [1.82, 2.24) is 9.80 Å². The Kier molecular flexibility index (Phi) is 22.4. The second-order valence-corrected chi connectivity index (χ2v) is 10.1. The molecular formula is C34H50N2O4Zn+2. The zero-order valence-corrected chi connectivity index (χ0v) is 28.9. The smallest absolute Gasteiger partial charge is 0.342 e. The van der Waals surface area contributed by atoms with Gasteiger partial charge in [-0.3, -0.25) is 19.2 Å². The fraction of sp³-hybridized carbons (Fsp3) is 0.529. The van der Waals surface area contributed by atoms with E-state index in [-0.39, 0.29) is 55.7 Å². The molecule has 0 aliphatic rings. The average molecular weight is 616 g/mol. The van der Waals surface area contributed by atoms with E-state index in [9.17, 15) is 19.2 Å². The van der Waals surface area contributed by atoms with E-state index in [0.29, 0.717) is 11.1 Å². The van der Waals surface area contributed by atoms with E-state index in [1.165, 1.54) is 0 Å². The quantitative estimate of drug-likeness (QED) is 0.0997. The van der Waals surface area contributed by atoms with E-state index in [4.69, 9.17) is 0 Å². The molecule has 0 aliphatic carbocycles. The Balaban J connectivity index is 0.000000762. The van der Waals surface area contributed by atoms with Crippen LogP contribution in [0.4, 0.5) is 0 Å². The standard InChI is InChI=1S/2C17H25NO2.Zn/c2*1-3-5-12-18(13-6-4-2)17(20)14-16(19)15-10-8-7-9-11-15;/h2*7-11H,3-6,12-14H2,1-2H3;/q;;+2. The summed E-state index contributed by atoms with van der Waals surface area (Å²) in [5.41, 5.74) is 1.23. The van der Waals surface area contributed by atoms with E-state index in [0.717, 1.165) is 77.5 Å². The van der Waals surface area contributed by atoms with Crippen LogP contribution in [0.25, 0.3) is 0 Å². The molecular weight excluding hydrogens is 566 g/mol. The summed E-state index contributed by atoms with van der Waals surface area (Å²) in [6.07, 6.45) is 8.18. The van der Waals surface area contributed by atoms with Crippen molar-refractivity contribution in [2.75, 3.05) is 26.2 Å². The number of hydrogen-bond donors (Lipinski definition) is 0. The molecule has 2 rings (SSSR count). The number of hydrogen-bond acceptors (Lipinski definition) is 4. The largest absolute Gasteiger partial charge is 2.00 e. The summed E-state index contributed by atoms with van der Waals surface area (Å²) in [5, 5.41) is 0. The molecule has 2 aromatic carbocycles. The third-order valence-electron chi connectivity index (χ3n) is 6.65. The number of unbranched alkanes of at least 4 members (excludes halogenated alkanes) is 4. The van der Waals surface area contributed by atoms with Gasteiger partial charge in [0, 0.05) is 37.3 Å². The average Bonchev–Trinajstić information content (AvgIpc) is 2.98. The Labute approximate surface area is 261 Å². The van der Waals surface area contributed by atoms with Gasteiger partial charge in [0.2, 0.25) is 11.8 Å². The number of nitrogens with zero attached hydrogens (tertiary/aromatic N) is 2. The van der Waals surface area contributed by atoms with Gasteiger partial charge in [-0.2, -0.15) is 0 Å². The van der Waals surface area contributed by atoms with Gasteiger partial charge in [0.25, 0.3) is 0 Å². The van der Waals surface area contributed by atoms with E-state index >= 15 is 0 Å². The SMILES string of the molecule is CCCCN(CCCC)C(=O)CC(=O)c1ccccc1.CCCCN(CCCC)C(=O)CC(=O)c1ccccc1.[Zn+2].